The molecule has 7 heteroatoms. The highest BCUT2D eigenvalue weighted by Gasteiger charge is 2.15. The number of hydrogen-bond donors (Lipinski definition) is 0. The van der Waals surface area contributed by atoms with E-state index in [1.807, 2.05) is 0 Å². The normalized spacial score (nSPS) is 10.1. The van der Waals surface area contributed by atoms with Gasteiger partial charge in [-0.2, -0.15) is 0 Å². The van der Waals surface area contributed by atoms with Crippen LogP contribution in [0.5, 0.6) is 5.95 Å². The zero-order chi connectivity index (χ0) is 10.6. The average Bonchev–Trinajstić information content (AvgIpc) is 2.44. The van der Waals surface area contributed by atoms with E-state index < -0.39 is 5.95 Å². The minimum atomic E-state index is -0.540. The molecule has 0 saturated heterocycles. The maximum atomic E-state index is 11.0. The van der Waals surface area contributed by atoms with Gasteiger partial charge < -0.3 is 14.4 Å². The molecule has 0 amide bonds. The fourth-order valence-corrected chi connectivity index (χ4v) is 1.50. The van der Waals surface area contributed by atoms with Crippen molar-refractivity contribution >= 4 is 17.7 Å². The van der Waals surface area contributed by atoms with Gasteiger partial charge in [-0.3, -0.25) is 4.79 Å². The van der Waals surface area contributed by atoms with Crippen LogP contribution >= 0.6 is 11.8 Å². The molecule has 0 radical (unpaired) electrons. The lowest BCUT2D eigenvalue weighted by molar-refractivity contribution is -0.772. The van der Waals surface area contributed by atoms with Crippen molar-refractivity contribution in [2.24, 2.45) is 7.05 Å². The number of aromatic nitrogens is 2. The molecule has 14 heavy (non-hydrogen) atoms. The summed E-state index contributed by atoms with van der Waals surface area (Å²) in [5.41, 5.74) is 0. The SMILES string of the molecule is CCOC(=O)CSc1c([O-])on[n+]1C. The second-order valence-corrected chi connectivity index (χ2v) is 3.35. The topological polar surface area (TPSA) is 79.3 Å². The number of carbonyl (C=O) groups is 1. The Morgan fingerprint density at radius 3 is 3.00 bits per heavy atom. The monoisotopic (exact) mass is 218 g/mol. The van der Waals surface area contributed by atoms with Gasteiger partial charge in [0.2, 0.25) is 0 Å². The molecule has 0 fully saturated rings. The van der Waals surface area contributed by atoms with E-state index in [1.165, 1.54) is 4.68 Å². The summed E-state index contributed by atoms with van der Waals surface area (Å²) in [5.74, 6) is -0.821. The lowest BCUT2D eigenvalue weighted by Gasteiger charge is -1.98. The van der Waals surface area contributed by atoms with E-state index in [0.717, 1.165) is 11.8 Å². The summed E-state index contributed by atoms with van der Waals surface area (Å²) in [7, 11) is 1.57. The molecule has 0 aromatic carbocycles. The minimum absolute atomic E-state index is 0.0815. The van der Waals surface area contributed by atoms with Crippen LogP contribution < -0.4 is 9.79 Å². The molecule has 0 spiro atoms. The molecular formula is C7H10N2O4S. The molecule has 1 aromatic heterocycles. The second-order valence-electron chi connectivity index (χ2n) is 2.38. The van der Waals surface area contributed by atoms with Crippen molar-refractivity contribution < 1.29 is 23.8 Å². The quantitative estimate of drug-likeness (QED) is 0.375. The lowest BCUT2D eigenvalue weighted by Crippen LogP contribution is -2.32. The Morgan fingerprint density at radius 2 is 2.50 bits per heavy atom. The van der Waals surface area contributed by atoms with Gasteiger partial charge in [0.25, 0.3) is 5.03 Å². The molecule has 0 bridgehead atoms. The molecule has 0 atom stereocenters. The van der Waals surface area contributed by atoms with E-state index in [0.29, 0.717) is 6.61 Å². The number of thioether (sulfide) groups is 1. The molecule has 78 valence electrons. The van der Waals surface area contributed by atoms with E-state index in [-0.39, 0.29) is 16.7 Å². The third kappa shape index (κ3) is 2.63. The Balaban J connectivity index is 2.49. The zero-order valence-corrected chi connectivity index (χ0v) is 8.67. The highest BCUT2D eigenvalue weighted by molar-refractivity contribution is 7.99. The standard InChI is InChI=1S/C7H10N2O4S/c1-3-12-5(10)4-14-6-7(11)13-8-9(6)2/h3-4H2,1-2H3. The molecule has 0 aliphatic rings. The highest BCUT2D eigenvalue weighted by Crippen LogP contribution is 2.20. The van der Waals surface area contributed by atoms with Crippen LogP contribution in [-0.4, -0.2) is 23.6 Å². The number of nitrogens with zero attached hydrogens (tertiary/aromatic N) is 2. The molecule has 1 heterocycles. The van der Waals surface area contributed by atoms with Crippen LogP contribution in [0.15, 0.2) is 9.55 Å². The molecule has 1 aromatic rings. The summed E-state index contributed by atoms with van der Waals surface area (Å²) >= 11 is 1.05. The first-order chi connectivity index (χ1) is 6.65. The highest BCUT2D eigenvalue weighted by atomic mass is 32.2. The first-order valence-corrected chi connectivity index (χ1v) is 4.95. The Bertz CT molecular complexity index is 306. The molecule has 0 N–H and O–H groups in total. The van der Waals surface area contributed by atoms with Crippen LogP contribution in [0.3, 0.4) is 0 Å². The molecule has 6 nitrogen and oxygen atoms in total. The Kier molecular flexibility index (Phi) is 3.75. The van der Waals surface area contributed by atoms with Crippen LogP contribution in [0.2, 0.25) is 0 Å². The number of hydrogen-bond acceptors (Lipinski definition) is 6. The molecule has 1 rings (SSSR count). The van der Waals surface area contributed by atoms with E-state index in [2.05, 4.69) is 9.79 Å². The third-order valence-electron chi connectivity index (χ3n) is 1.35. The second kappa shape index (κ2) is 4.85. The minimum Gasteiger partial charge on any atom is -0.538 e. The maximum Gasteiger partial charge on any atom is 0.316 e. The van der Waals surface area contributed by atoms with Crippen LogP contribution in [0.4, 0.5) is 0 Å². The summed E-state index contributed by atoms with van der Waals surface area (Å²) in [4.78, 5) is 11.0. The fourth-order valence-electron chi connectivity index (χ4n) is 0.789. The summed E-state index contributed by atoms with van der Waals surface area (Å²) in [5, 5.41) is 14.7. The summed E-state index contributed by atoms with van der Waals surface area (Å²) in [6.07, 6.45) is 0. The maximum absolute atomic E-state index is 11.0. The predicted octanol–water partition coefficient (Wildman–Crippen LogP) is -0.772. The van der Waals surface area contributed by atoms with Gasteiger partial charge in [0.05, 0.1) is 11.9 Å². The van der Waals surface area contributed by atoms with Crippen LogP contribution in [-0.2, 0) is 16.6 Å². The van der Waals surface area contributed by atoms with Crippen LogP contribution in [0.25, 0.3) is 0 Å². The van der Waals surface area contributed by atoms with Crippen LogP contribution in [0, 0.1) is 0 Å². The van der Waals surface area contributed by atoms with Crippen molar-refractivity contribution in [1.82, 2.24) is 5.27 Å². The molecule has 0 unspecified atom stereocenters. The number of aryl methyl sites for hydroxylation is 1. The number of ether oxygens (including phenoxy) is 1. The predicted molar refractivity (Wildman–Crippen MR) is 44.5 cm³/mol. The molecule has 0 aliphatic carbocycles. The Labute approximate surface area is 84.8 Å². The Hall–Kier alpha value is -1.24. The van der Waals surface area contributed by atoms with Crippen LogP contribution in [0.1, 0.15) is 6.92 Å². The van der Waals surface area contributed by atoms with Gasteiger partial charge >= 0.3 is 5.97 Å². The van der Waals surface area contributed by atoms with Crippen molar-refractivity contribution in [1.29, 1.82) is 0 Å². The third-order valence-corrected chi connectivity index (χ3v) is 2.43. The van der Waals surface area contributed by atoms with Crippen molar-refractivity contribution in [2.45, 2.75) is 11.9 Å². The van der Waals surface area contributed by atoms with Gasteiger partial charge in [-0.25, -0.2) is 0 Å². The fraction of sp³-hybridized carbons (Fsp3) is 0.571. The molecule has 0 aliphatic heterocycles. The van der Waals surface area contributed by atoms with Gasteiger partial charge in [0, 0.05) is 0 Å². The van der Waals surface area contributed by atoms with Crippen molar-refractivity contribution in [2.75, 3.05) is 12.4 Å². The van der Waals surface area contributed by atoms with Gasteiger partial charge in [-0.1, -0.05) is 4.68 Å². The van der Waals surface area contributed by atoms with Crippen molar-refractivity contribution in [3.63, 3.8) is 0 Å². The number of carbonyl (C=O) groups excluding carboxylic acids is 1. The molecular weight excluding hydrogens is 208 g/mol. The van der Waals surface area contributed by atoms with E-state index in [4.69, 9.17) is 4.74 Å². The molecule has 0 saturated carbocycles. The summed E-state index contributed by atoms with van der Waals surface area (Å²) in [6, 6.07) is 0. The summed E-state index contributed by atoms with van der Waals surface area (Å²) < 4.78 is 10.4. The zero-order valence-electron chi connectivity index (χ0n) is 7.85. The lowest BCUT2D eigenvalue weighted by atomic mass is 10.8. The number of esters is 1. The van der Waals surface area contributed by atoms with Gasteiger partial charge in [-0.15, -0.1) is 0 Å². The van der Waals surface area contributed by atoms with Crippen molar-refractivity contribution in [3.05, 3.63) is 0 Å². The van der Waals surface area contributed by atoms with E-state index in [1.54, 1.807) is 14.0 Å². The largest absolute Gasteiger partial charge is 0.538 e. The average molecular weight is 218 g/mol. The summed E-state index contributed by atoms with van der Waals surface area (Å²) in [6.45, 7) is 2.06. The Morgan fingerprint density at radius 1 is 1.79 bits per heavy atom. The van der Waals surface area contributed by atoms with Gasteiger partial charge in [0.15, 0.2) is 13.0 Å². The van der Waals surface area contributed by atoms with Crippen molar-refractivity contribution in [3.8, 4) is 5.95 Å². The van der Waals surface area contributed by atoms with Gasteiger partial charge in [0.1, 0.15) is 5.75 Å². The smallest absolute Gasteiger partial charge is 0.316 e. The number of rotatable bonds is 4. The first-order valence-electron chi connectivity index (χ1n) is 3.96. The van der Waals surface area contributed by atoms with E-state index >= 15 is 0 Å². The van der Waals surface area contributed by atoms with E-state index in [9.17, 15) is 9.90 Å². The van der Waals surface area contributed by atoms with Gasteiger partial charge in [-0.05, 0) is 18.7 Å². The first kappa shape index (κ1) is 10.8.